The summed E-state index contributed by atoms with van der Waals surface area (Å²) >= 11 is 0. The van der Waals surface area contributed by atoms with E-state index in [-0.39, 0.29) is 24.3 Å². The Kier molecular flexibility index (Phi) is 6.47. The SMILES string of the molecule is Cc1cccc(OCC(=O)Nc2cccc(NC(=O)C3CCCCC3)c2)c1. The Morgan fingerprint density at radius 1 is 0.963 bits per heavy atom. The number of anilines is 2. The fourth-order valence-corrected chi connectivity index (χ4v) is 3.33. The number of aryl methyl sites for hydroxylation is 1. The first-order valence-corrected chi connectivity index (χ1v) is 9.50. The van der Waals surface area contributed by atoms with Gasteiger partial charge in [-0.2, -0.15) is 0 Å². The van der Waals surface area contributed by atoms with Crippen LogP contribution in [0.4, 0.5) is 11.4 Å². The van der Waals surface area contributed by atoms with Gasteiger partial charge in [0.25, 0.3) is 5.91 Å². The van der Waals surface area contributed by atoms with E-state index in [0.717, 1.165) is 31.2 Å². The number of carbonyl (C=O) groups excluding carboxylic acids is 2. The van der Waals surface area contributed by atoms with Crippen molar-refractivity contribution in [2.24, 2.45) is 5.92 Å². The van der Waals surface area contributed by atoms with E-state index in [1.165, 1.54) is 6.42 Å². The van der Waals surface area contributed by atoms with E-state index < -0.39 is 0 Å². The number of amides is 2. The maximum absolute atomic E-state index is 12.4. The van der Waals surface area contributed by atoms with Gasteiger partial charge in [-0.15, -0.1) is 0 Å². The predicted molar refractivity (Wildman–Crippen MR) is 107 cm³/mol. The van der Waals surface area contributed by atoms with Crippen LogP contribution in [0.1, 0.15) is 37.7 Å². The molecule has 3 rings (SSSR count). The Labute approximate surface area is 160 Å². The molecule has 1 fully saturated rings. The zero-order valence-corrected chi connectivity index (χ0v) is 15.7. The molecule has 27 heavy (non-hydrogen) atoms. The first-order valence-electron chi connectivity index (χ1n) is 9.50. The zero-order chi connectivity index (χ0) is 19.1. The van der Waals surface area contributed by atoms with Crippen LogP contribution in [0.2, 0.25) is 0 Å². The van der Waals surface area contributed by atoms with Gasteiger partial charge in [0.05, 0.1) is 0 Å². The molecule has 0 unspecified atom stereocenters. The fourth-order valence-electron chi connectivity index (χ4n) is 3.33. The summed E-state index contributed by atoms with van der Waals surface area (Å²) in [5, 5.41) is 5.77. The van der Waals surface area contributed by atoms with E-state index in [2.05, 4.69) is 10.6 Å². The van der Waals surface area contributed by atoms with Crippen LogP contribution in [0.25, 0.3) is 0 Å². The Hall–Kier alpha value is -2.82. The van der Waals surface area contributed by atoms with Crippen LogP contribution in [0.5, 0.6) is 5.75 Å². The molecule has 0 radical (unpaired) electrons. The van der Waals surface area contributed by atoms with Crippen molar-refractivity contribution < 1.29 is 14.3 Å². The highest BCUT2D eigenvalue weighted by Gasteiger charge is 2.21. The van der Waals surface area contributed by atoms with Gasteiger partial charge in [-0.25, -0.2) is 0 Å². The van der Waals surface area contributed by atoms with Crippen LogP contribution in [0.15, 0.2) is 48.5 Å². The molecule has 0 saturated heterocycles. The van der Waals surface area contributed by atoms with Gasteiger partial charge in [-0.05, 0) is 55.7 Å². The molecule has 2 aromatic rings. The van der Waals surface area contributed by atoms with E-state index >= 15 is 0 Å². The monoisotopic (exact) mass is 366 g/mol. The molecule has 0 aliphatic heterocycles. The van der Waals surface area contributed by atoms with Crippen molar-refractivity contribution in [2.75, 3.05) is 17.2 Å². The smallest absolute Gasteiger partial charge is 0.262 e. The van der Waals surface area contributed by atoms with Gasteiger partial charge in [-0.3, -0.25) is 9.59 Å². The molecule has 1 saturated carbocycles. The van der Waals surface area contributed by atoms with E-state index in [1.54, 1.807) is 12.1 Å². The molecule has 1 aliphatic rings. The second-order valence-corrected chi connectivity index (χ2v) is 7.06. The van der Waals surface area contributed by atoms with Crippen LogP contribution in [0, 0.1) is 12.8 Å². The molecule has 2 amide bonds. The molecule has 0 bridgehead atoms. The summed E-state index contributed by atoms with van der Waals surface area (Å²) in [6.45, 7) is 1.90. The molecule has 1 aliphatic carbocycles. The fraction of sp³-hybridized carbons (Fsp3) is 0.364. The van der Waals surface area contributed by atoms with Gasteiger partial charge in [0, 0.05) is 17.3 Å². The van der Waals surface area contributed by atoms with Crippen molar-refractivity contribution in [3.63, 3.8) is 0 Å². The summed E-state index contributed by atoms with van der Waals surface area (Å²) in [5.41, 5.74) is 2.41. The topological polar surface area (TPSA) is 67.4 Å². The van der Waals surface area contributed by atoms with Gasteiger partial charge < -0.3 is 15.4 Å². The Morgan fingerprint density at radius 2 is 1.67 bits per heavy atom. The van der Waals surface area contributed by atoms with E-state index in [1.807, 2.05) is 43.3 Å². The van der Waals surface area contributed by atoms with Crippen LogP contribution in [-0.4, -0.2) is 18.4 Å². The van der Waals surface area contributed by atoms with Gasteiger partial charge in [0.2, 0.25) is 5.91 Å². The van der Waals surface area contributed by atoms with E-state index in [9.17, 15) is 9.59 Å². The summed E-state index contributed by atoms with van der Waals surface area (Å²) < 4.78 is 5.51. The van der Waals surface area contributed by atoms with Gasteiger partial charge >= 0.3 is 0 Å². The lowest BCUT2D eigenvalue weighted by atomic mass is 9.88. The highest BCUT2D eigenvalue weighted by atomic mass is 16.5. The van der Waals surface area contributed by atoms with Crippen molar-refractivity contribution in [3.05, 3.63) is 54.1 Å². The van der Waals surface area contributed by atoms with E-state index in [0.29, 0.717) is 17.1 Å². The van der Waals surface area contributed by atoms with Crippen molar-refractivity contribution in [2.45, 2.75) is 39.0 Å². The Morgan fingerprint density at radius 3 is 2.41 bits per heavy atom. The largest absolute Gasteiger partial charge is 0.484 e. The minimum atomic E-state index is -0.243. The van der Waals surface area contributed by atoms with Crippen molar-refractivity contribution >= 4 is 23.2 Å². The second-order valence-electron chi connectivity index (χ2n) is 7.06. The zero-order valence-electron chi connectivity index (χ0n) is 15.7. The number of benzene rings is 2. The lowest BCUT2D eigenvalue weighted by molar-refractivity contribution is -0.120. The lowest BCUT2D eigenvalue weighted by Gasteiger charge is -2.20. The number of ether oxygens (including phenoxy) is 1. The van der Waals surface area contributed by atoms with Crippen LogP contribution >= 0.6 is 0 Å². The molecule has 0 heterocycles. The van der Waals surface area contributed by atoms with Crippen LogP contribution in [0.3, 0.4) is 0 Å². The predicted octanol–water partition coefficient (Wildman–Crippen LogP) is 4.53. The normalized spacial score (nSPS) is 14.4. The third-order valence-electron chi connectivity index (χ3n) is 4.75. The Balaban J connectivity index is 1.52. The molecule has 5 nitrogen and oxygen atoms in total. The molecule has 2 N–H and O–H groups in total. The molecule has 142 valence electrons. The number of hydrogen-bond acceptors (Lipinski definition) is 3. The highest BCUT2D eigenvalue weighted by molar-refractivity contribution is 5.95. The quantitative estimate of drug-likeness (QED) is 0.789. The second kappa shape index (κ2) is 9.21. The molecular formula is C22H26N2O3. The molecule has 5 heteroatoms. The third-order valence-corrected chi connectivity index (χ3v) is 4.75. The summed E-state index contributed by atoms with van der Waals surface area (Å²) in [5.74, 6) is 0.589. The van der Waals surface area contributed by atoms with Crippen molar-refractivity contribution in [1.82, 2.24) is 0 Å². The number of rotatable bonds is 6. The van der Waals surface area contributed by atoms with Crippen LogP contribution in [-0.2, 0) is 9.59 Å². The number of carbonyl (C=O) groups is 2. The van der Waals surface area contributed by atoms with Crippen molar-refractivity contribution in [1.29, 1.82) is 0 Å². The summed E-state index contributed by atoms with van der Waals surface area (Å²) in [6.07, 6.45) is 5.37. The maximum Gasteiger partial charge on any atom is 0.262 e. The van der Waals surface area contributed by atoms with Crippen LogP contribution < -0.4 is 15.4 Å². The maximum atomic E-state index is 12.4. The van der Waals surface area contributed by atoms with Gasteiger partial charge in [-0.1, -0.05) is 37.5 Å². The summed E-state index contributed by atoms with van der Waals surface area (Å²) in [6, 6.07) is 14.8. The van der Waals surface area contributed by atoms with Gasteiger partial charge in [0.1, 0.15) is 5.75 Å². The average molecular weight is 366 g/mol. The molecule has 2 aromatic carbocycles. The number of hydrogen-bond donors (Lipinski definition) is 2. The first-order chi connectivity index (χ1) is 13.1. The van der Waals surface area contributed by atoms with Gasteiger partial charge in [0.15, 0.2) is 6.61 Å². The summed E-state index contributed by atoms with van der Waals surface area (Å²) in [4.78, 5) is 24.5. The molecule has 0 atom stereocenters. The van der Waals surface area contributed by atoms with Crippen molar-refractivity contribution in [3.8, 4) is 5.75 Å². The molecular weight excluding hydrogens is 340 g/mol. The standard InChI is InChI=1S/C22H26N2O3/c1-16-7-5-12-20(13-16)27-15-21(25)23-18-10-6-11-19(14-18)24-22(26)17-8-3-2-4-9-17/h5-7,10-14,17H,2-4,8-9,15H2,1H3,(H,23,25)(H,24,26). The highest BCUT2D eigenvalue weighted by Crippen LogP contribution is 2.25. The molecule has 0 spiro atoms. The third kappa shape index (κ3) is 5.84. The lowest BCUT2D eigenvalue weighted by Crippen LogP contribution is -2.25. The first kappa shape index (κ1) is 19.0. The average Bonchev–Trinajstić information content (AvgIpc) is 2.67. The Bertz CT molecular complexity index is 798. The van der Waals surface area contributed by atoms with E-state index in [4.69, 9.17) is 4.74 Å². The molecule has 0 aromatic heterocycles. The summed E-state index contributed by atoms with van der Waals surface area (Å²) in [7, 11) is 0. The minimum absolute atomic E-state index is 0.0673. The number of nitrogens with one attached hydrogen (secondary N) is 2. The minimum Gasteiger partial charge on any atom is -0.484 e.